The molecule has 0 aliphatic carbocycles. The van der Waals surface area contributed by atoms with Crippen LogP contribution in [0.25, 0.3) is 0 Å². The van der Waals surface area contributed by atoms with E-state index in [-0.39, 0.29) is 11.3 Å². The number of esters is 2. The average Bonchev–Trinajstić information content (AvgIpc) is 2.34. The maximum atomic E-state index is 12.3. The highest BCUT2D eigenvalue weighted by atomic mass is 16.6. The number of hydrogen-bond donors (Lipinski definition) is 1. The van der Waals surface area contributed by atoms with Crippen molar-refractivity contribution in [2.75, 3.05) is 0 Å². The molecule has 7 heteroatoms. The lowest BCUT2D eigenvalue weighted by molar-refractivity contribution is -0.154. The molecule has 0 saturated carbocycles. The van der Waals surface area contributed by atoms with E-state index in [1.807, 2.05) is 0 Å². The summed E-state index contributed by atoms with van der Waals surface area (Å²) >= 11 is 0. The average molecular weight is 309 g/mol. The summed E-state index contributed by atoms with van der Waals surface area (Å²) in [6, 6.07) is 1.40. The Balaban J connectivity index is 3.51. The van der Waals surface area contributed by atoms with Crippen molar-refractivity contribution in [3.63, 3.8) is 0 Å². The van der Waals surface area contributed by atoms with Crippen molar-refractivity contribution in [1.82, 2.24) is 4.98 Å². The summed E-state index contributed by atoms with van der Waals surface area (Å²) in [7, 11) is 0. The van der Waals surface area contributed by atoms with Gasteiger partial charge in [-0.15, -0.1) is 0 Å². The topological polar surface area (TPSA) is 103 Å². The Hall–Kier alpha value is -2.44. The minimum Gasteiger partial charge on any atom is -0.449 e. The van der Waals surface area contributed by atoms with Gasteiger partial charge in [-0.05, 0) is 6.92 Å². The van der Waals surface area contributed by atoms with Crippen LogP contribution in [-0.2, 0) is 19.1 Å². The number of rotatable bonds is 5. The first-order chi connectivity index (χ1) is 10.1. The zero-order valence-corrected chi connectivity index (χ0v) is 13.2. The molecule has 120 valence electrons. The third-order valence-electron chi connectivity index (χ3n) is 2.80. The Kier molecular flexibility index (Phi) is 5.62. The van der Waals surface area contributed by atoms with E-state index in [9.17, 15) is 19.2 Å². The van der Waals surface area contributed by atoms with E-state index in [1.165, 1.54) is 13.0 Å². The van der Waals surface area contributed by atoms with Gasteiger partial charge >= 0.3 is 11.9 Å². The van der Waals surface area contributed by atoms with Gasteiger partial charge < -0.3 is 14.5 Å². The SMILES string of the molecule is CC(=O)Oc1cc(C)[nH]c(=O)c1C(OC(C)=O)C(=O)C(C)C. The Morgan fingerprint density at radius 1 is 1.14 bits per heavy atom. The molecular weight excluding hydrogens is 290 g/mol. The first kappa shape index (κ1) is 17.6. The fraction of sp³-hybridized carbons (Fsp3) is 0.467. The second-order valence-corrected chi connectivity index (χ2v) is 5.20. The van der Waals surface area contributed by atoms with Crippen LogP contribution < -0.4 is 10.3 Å². The summed E-state index contributed by atoms with van der Waals surface area (Å²) in [4.78, 5) is 49.5. The molecule has 1 unspecified atom stereocenters. The van der Waals surface area contributed by atoms with Gasteiger partial charge in [0.05, 0.1) is 0 Å². The summed E-state index contributed by atoms with van der Waals surface area (Å²) < 4.78 is 10.00. The predicted octanol–water partition coefficient (Wildman–Crippen LogP) is 1.44. The predicted molar refractivity (Wildman–Crippen MR) is 77.5 cm³/mol. The number of pyridine rings is 1. The fourth-order valence-electron chi connectivity index (χ4n) is 1.88. The molecule has 0 aromatic carbocycles. The Morgan fingerprint density at radius 2 is 1.73 bits per heavy atom. The minimum absolute atomic E-state index is 0.0889. The molecule has 0 radical (unpaired) electrons. The van der Waals surface area contributed by atoms with Crippen molar-refractivity contribution in [2.45, 2.75) is 40.7 Å². The van der Waals surface area contributed by atoms with Crippen LogP contribution in [0.15, 0.2) is 10.9 Å². The highest BCUT2D eigenvalue weighted by molar-refractivity contribution is 5.88. The van der Waals surface area contributed by atoms with E-state index < -0.39 is 35.3 Å². The molecule has 0 amide bonds. The molecular formula is C15H19NO6. The highest BCUT2D eigenvalue weighted by Crippen LogP contribution is 2.28. The number of hydrogen-bond acceptors (Lipinski definition) is 6. The number of ether oxygens (including phenoxy) is 2. The van der Waals surface area contributed by atoms with Gasteiger partial charge in [-0.1, -0.05) is 13.8 Å². The normalized spacial score (nSPS) is 11.9. The van der Waals surface area contributed by atoms with Gasteiger partial charge in [0.2, 0.25) is 0 Å². The van der Waals surface area contributed by atoms with Gasteiger partial charge in [-0.3, -0.25) is 19.2 Å². The second kappa shape index (κ2) is 7.02. The maximum Gasteiger partial charge on any atom is 0.308 e. The summed E-state index contributed by atoms with van der Waals surface area (Å²) in [6.07, 6.45) is -1.42. The molecule has 1 aromatic heterocycles. The largest absolute Gasteiger partial charge is 0.449 e. The van der Waals surface area contributed by atoms with Gasteiger partial charge in [0, 0.05) is 31.5 Å². The molecule has 0 aliphatic heterocycles. The molecule has 7 nitrogen and oxygen atoms in total. The maximum absolute atomic E-state index is 12.3. The minimum atomic E-state index is -1.42. The van der Waals surface area contributed by atoms with Crippen LogP contribution >= 0.6 is 0 Å². The van der Waals surface area contributed by atoms with Crippen LogP contribution in [0.1, 0.15) is 45.1 Å². The molecule has 1 aromatic rings. The molecule has 1 atom stereocenters. The zero-order chi connectivity index (χ0) is 17.0. The quantitative estimate of drug-likeness (QED) is 0.826. The number of ketones is 1. The number of Topliss-reactive ketones (excluding diaryl/α,β-unsaturated/α-hetero) is 1. The number of aryl methyl sites for hydroxylation is 1. The Labute approximate surface area is 127 Å². The van der Waals surface area contributed by atoms with Crippen molar-refractivity contribution in [1.29, 1.82) is 0 Å². The van der Waals surface area contributed by atoms with Crippen LogP contribution in [0.5, 0.6) is 5.75 Å². The number of H-pyrrole nitrogens is 1. The molecule has 1 N–H and O–H groups in total. The van der Waals surface area contributed by atoms with Gasteiger partial charge in [0.15, 0.2) is 11.9 Å². The van der Waals surface area contributed by atoms with Crippen LogP contribution in [0.2, 0.25) is 0 Å². The van der Waals surface area contributed by atoms with Crippen LogP contribution in [-0.4, -0.2) is 22.7 Å². The molecule has 22 heavy (non-hydrogen) atoms. The number of aromatic nitrogens is 1. The van der Waals surface area contributed by atoms with Crippen molar-refractivity contribution >= 4 is 17.7 Å². The number of nitrogens with one attached hydrogen (secondary N) is 1. The molecule has 0 fully saturated rings. The third-order valence-corrected chi connectivity index (χ3v) is 2.80. The van der Waals surface area contributed by atoms with Crippen molar-refractivity contribution in [2.24, 2.45) is 5.92 Å². The first-order valence-corrected chi connectivity index (χ1v) is 6.76. The molecule has 0 spiro atoms. The highest BCUT2D eigenvalue weighted by Gasteiger charge is 2.32. The number of carbonyl (C=O) groups excluding carboxylic acids is 3. The lowest BCUT2D eigenvalue weighted by atomic mass is 9.97. The lowest BCUT2D eigenvalue weighted by Crippen LogP contribution is -2.29. The van der Waals surface area contributed by atoms with E-state index in [2.05, 4.69) is 4.98 Å². The number of carbonyl (C=O) groups is 3. The Bertz CT molecular complexity index is 658. The van der Waals surface area contributed by atoms with Crippen molar-refractivity contribution in [3.05, 3.63) is 27.7 Å². The fourth-order valence-corrected chi connectivity index (χ4v) is 1.88. The molecule has 1 rings (SSSR count). The summed E-state index contributed by atoms with van der Waals surface area (Å²) in [5, 5.41) is 0. The van der Waals surface area contributed by atoms with Crippen LogP contribution in [0.3, 0.4) is 0 Å². The van der Waals surface area contributed by atoms with Crippen molar-refractivity contribution in [3.8, 4) is 5.75 Å². The van der Waals surface area contributed by atoms with E-state index in [4.69, 9.17) is 9.47 Å². The van der Waals surface area contributed by atoms with E-state index in [0.29, 0.717) is 5.69 Å². The lowest BCUT2D eigenvalue weighted by Gasteiger charge is -2.19. The molecule has 0 aliphatic rings. The van der Waals surface area contributed by atoms with Gasteiger partial charge in [0.25, 0.3) is 5.56 Å². The third kappa shape index (κ3) is 4.28. The summed E-state index contributed by atoms with van der Waals surface area (Å²) in [6.45, 7) is 7.14. The van der Waals surface area contributed by atoms with Gasteiger partial charge in [0.1, 0.15) is 11.3 Å². The standard InChI is InChI=1S/C15H19NO6/c1-7(2)13(19)14(22-10(5)18)12-11(21-9(4)17)6-8(3)16-15(12)20/h6-7,14H,1-5H3,(H,16,20). The first-order valence-electron chi connectivity index (χ1n) is 6.76. The van der Waals surface area contributed by atoms with Gasteiger partial charge in [-0.2, -0.15) is 0 Å². The molecule has 0 saturated heterocycles. The number of aromatic amines is 1. The van der Waals surface area contributed by atoms with E-state index in [1.54, 1.807) is 20.8 Å². The summed E-state index contributed by atoms with van der Waals surface area (Å²) in [5.74, 6) is -2.39. The van der Waals surface area contributed by atoms with E-state index >= 15 is 0 Å². The Morgan fingerprint density at radius 3 is 2.18 bits per heavy atom. The summed E-state index contributed by atoms with van der Waals surface area (Å²) in [5.41, 5.74) is -0.380. The van der Waals surface area contributed by atoms with Crippen molar-refractivity contribution < 1.29 is 23.9 Å². The van der Waals surface area contributed by atoms with E-state index in [0.717, 1.165) is 6.92 Å². The van der Waals surface area contributed by atoms with Gasteiger partial charge in [-0.25, -0.2) is 0 Å². The smallest absolute Gasteiger partial charge is 0.308 e. The second-order valence-electron chi connectivity index (χ2n) is 5.20. The zero-order valence-electron chi connectivity index (χ0n) is 13.2. The molecule has 0 bridgehead atoms. The molecule has 1 heterocycles. The van der Waals surface area contributed by atoms with Crippen LogP contribution in [0.4, 0.5) is 0 Å². The van der Waals surface area contributed by atoms with Crippen LogP contribution in [0, 0.1) is 12.8 Å². The monoisotopic (exact) mass is 309 g/mol.